The minimum absolute atomic E-state index is 0.0205. The Morgan fingerprint density at radius 3 is 2.83 bits per heavy atom. The van der Waals surface area contributed by atoms with Gasteiger partial charge in [0.25, 0.3) is 0 Å². The van der Waals surface area contributed by atoms with Gasteiger partial charge in [-0.3, -0.25) is 0 Å². The van der Waals surface area contributed by atoms with Crippen molar-refractivity contribution in [2.45, 2.75) is 25.8 Å². The molecule has 0 aliphatic carbocycles. The first-order valence-corrected chi connectivity index (χ1v) is 4.53. The van der Waals surface area contributed by atoms with Crippen molar-refractivity contribution in [2.75, 3.05) is 19.8 Å². The van der Waals surface area contributed by atoms with Crippen LogP contribution < -0.4 is 5.32 Å². The molecule has 1 saturated heterocycles. The summed E-state index contributed by atoms with van der Waals surface area (Å²) < 4.78 is 5.24. The van der Waals surface area contributed by atoms with E-state index >= 15 is 0 Å². The van der Waals surface area contributed by atoms with Gasteiger partial charge in [0.2, 0.25) is 0 Å². The number of hydrogen-bond donors (Lipinski definition) is 1. The minimum atomic E-state index is -0.0205. The lowest BCUT2D eigenvalue weighted by molar-refractivity contribution is 0.0660. The summed E-state index contributed by atoms with van der Waals surface area (Å²) in [7, 11) is 0. The van der Waals surface area contributed by atoms with E-state index < -0.39 is 0 Å². The Hall–Kier alpha value is -0.590. The average molecular weight is 168 g/mol. The van der Waals surface area contributed by atoms with Gasteiger partial charge < -0.3 is 10.1 Å². The van der Waals surface area contributed by atoms with Crippen LogP contribution in [-0.4, -0.2) is 25.8 Å². The van der Waals surface area contributed by atoms with E-state index in [1.807, 2.05) is 6.92 Å². The Bertz CT molecular complexity index is 158. The summed E-state index contributed by atoms with van der Waals surface area (Å²) in [6.45, 7) is 4.61. The summed E-state index contributed by atoms with van der Waals surface area (Å²) in [5, 5.41) is 11.7. The zero-order valence-corrected chi connectivity index (χ0v) is 7.55. The van der Waals surface area contributed by atoms with Gasteiger partial charge in [-0.1, -0.05) is 0 Å². The molecule has 1 N–H and O–H groups in total. The van der Waals surface area contributed by atoms with Crippen molar-refractivity contribution in [1.29, 1.82) is 5.26 Å². The van der Waals surface area contributed by atoms with Crippen LogP contribution in [0, 0.1) is 17.2 Å². The first-order valence-electron chi connectivity index (χ1n) is 4.53. The molecule has 1 heterocycles. The van der Waals surface area contributed by atoms with E-state index in [4.69, 9.17) is 10.00 Å². The molecule has 0 spiro atoms. The Balaban J connectivity index is 2.10. The second kappa shape index (κ2) is 5.13. The predicted molar refractivity (Wildman–Crippen MR) is 46.6 cm³/mol. The van der Waals surface area contributed by atoms with Crippen molar-refractivity contribution in [3.8, 4) is 6.07 Å². The molecule has 1 atom stereocenters. The maximum absolute atomic E-state index is 8.53. The lowest BCUT2D eigenvalue weighted by atomic mass is 10.0. The number of ether oxygens (including phenoxy) is 1. The first-order chi connectivity index (χ1) is 5.83. The van der Waals surface area contributed by atoms with Gasteiger partial charge in [-0.2, -0.15) is 5.26 Å². The largest absolute Gasteiger partial charge is 0.381 e. The average Bonchev–Trinajstić information content (AvgIpc) is 2.16. The normalized spacial score (nSPS) is 21.7. The standard InChI is InChI=1S/C9H16N2O/c1-8(6-10)11-7-9-2-4-12-5-3-9/h8-9,11H,2-5,7H2,1H3. The smallest absolute Gasteiger partial charge is 0.0924 e. The van der Waals surface area contributed by atoms with Gasteiger partial charge >= 0.3 is 0 Å². The van der Waals surface area contributed by atoms with E-state index in [2.05, 4.69) is 11.4 Å². The van der Waals surface area contributed by atoms with Crippen LogP contribution in [0.1, 0.15) is 19.8 Å². The minimum Gasteiger partial charge on any atom is -0.381 e. The van der Waals surface area contributed by atoms with Crippen molar-refractivity contribution in [2.24, 2.45) is 5.92 Å². The van der Waals surface area contributed by atoms with Crippen molar-refractivity contribution in [1.82, 2.24) is 5.32 Å². The molecule has 3 nitrogen and oxygen atoms in total. The quantitative estimate of drug-likeness (QED) is 0.681. The fraction of sp³-hybridized carbons (Fsp3) is 0.889. The van der Waals surface area contributed by atoms with Crippen molar-refractivity contribution < 1.29 is 4.74 Å². The summed E-state index contributed by atoms with van der Waals surface area (Å²) in [5.41, 5.74) is 0. The van der Waals surface area contributed by atoms with Crippen LogP contribution in [0.3, 0.4) is 0 Å². The molecule has 0 aromatic rings. The molecule has 1 unspecified atom stereocenters. The Labute approximate surface area is 73.7 Å². The molecule has 0 saturated carbocycles. The van der Waals surface area contributed by atoms with E-state index in [0.29, 0.717) is 5.92 Å². The van der Waals surface area contributed by atoms with E-state index in [1.165, 1.54) is 0 Å². The molecule has 0 amide bonds. The van der Waals surface area contributed by atoms with E-state index in [1.54, 1.807) is 0 Å². The van der Waals surface area contributed by atoms with Gasteiger partial charge in [0.05, 0.1) is 12.1 Å². The third kappa shape index (κ3) is 3.21. The van der Waals surface area contributed by atoms with Crippen LogP contribution in [0.4, 0.5) is 0 Å². The molecule has 0 aromatic heterocycles. The van der Waals surface area contributed by atoms with E-state index in [-0.39, 0.29) is 6.04 Å². The highest BCUT2D eigenvalue weighted by molar-refractivity contribution is 4.85. The first kappa shape index (κ1) is 9.50. The second-order valence-corrected chi connectivity index (χ2v) is 3.31. The highest BCUT2D eigenvalue weighted by Crippen LogP contribution is 2.13. The molecule has 1 aliphatic heterocycles. The topological polar surface area (TPSA) is 45.0 Å². The zero-order chi connectivity index (χ0) is 8.81. The van der Waals surface area contributed by atoms with Gasteiger partial charge in [-0.25, -0.2) is 0 Å². The Morgan fingerprint density at radius 1 is 1.58 bits per heavy atom. The molecule has 1 rings (SSSR count). The fourth-order valence-electron chi connectivity index (χ4n) is 1.34. The number of hydrogen-bond acceptors (Lipinski definition) is 3. The van der Waals surface area contributed by atoms with Crippen LogP contribution in [-0.2, 0) is 4.74 Å². The molecule has 0 bridgehead atoms. The summed E-state index contributed by atoms with van der Waals surface area (Å²) in [6, 6.07) is 2.14. The molecule has 0 aromatic carbocycles. The molecule has 1 aliphatic rings. The van der Waals surface area contributed by atoms with Crippen molar-refractivity contribution in [3.05, 3.63) is 0 Å². The maximum atomic E-state index is 8.53. The summed E-state index contributed by atoms with van der Waals surface area (Å²) >= 11 is 0. The molecule has 12 heavy (non-hydrogen) atoms. The van der Waals surface area contributed by atoms with Crippen LogP contribution >= 0.6 is 0 Å². The summed E-state index contributed by atoms with van der Waals surface area (Å²) in [6.07, 6.45) is 2.26. The SMILES string of the molecule is CC(C#N)NCC1CCOCC1. The molecule has 0 radical (unpaired) electrons. The second-order valence-electron chi connectivity index (χ2n) is 3.31. The highest BCUT2D eigenvalue weighted by atomic mass is 16.5. The van der Waals surface area contributed by atoms with Crippen LogP contribution in [0.25, 0.3) is 0 Å². The van der Waals surface area contributed by atoms with Crippen LogP contribution in [0.2, 0.25) is 0 Å². The Kier molecular flexibility index (Phi) is 4.06. The summed E-state index contributed by atoms with van der Waals surface area (Å²) in [4.78, 5) is 0. The van der Waals surface area contributed by atoms with Crippen LogP contribution in [0.15, 0.2) is 0 Å². The number of nitrogens with zero attached hydrogens (tertiary/aromatic N) is 1. The molecular formula is C9H16N2O. The van der Waals surface area contributed by atoms with Gasteiger partial charge in [0.15, 0.2) is 0 Å². The molecule has 1 fully saturated rings. The number of nitrogens with one attached hydrogen (secondary N) is 1. The predicted octanol–water partition coefficient (Wildman–Crippen LogP) is 0.915. The van der Waals surface area contributed by atoms with Crippen LogP contribution in [0.5, 0.6) is 0 Å². The highest BCUT2D eigenvalue weighted by Gasteiger charge is 2.13. The number of nitriles is 1. The molecule has 3 heteroatoms. The molecular weight excluding hydrogens is 152 g/mol. The third-order valence-corrected chi connectivity index (χ3v) is 2.25. The van der Waals surface area contributed by atoms with Gasteiger partial charge in [-0.15, -0.1) is 0 Å². The lowest BCUT2D eigenvalue weighted by Gasteiger charge is -2.22. The van der Waals surface area contributed by atoms with Gasteiger partial charge in [-0.05, 0) is 32.2 Å². The van der Waals surface area contributed by atoms with Crippen molar-refractivity contribution in [3.63, 3.8) is 0 Å². The van der Waals surface area contributed by atoms with E-state index in [0.717, 1.165) is 32.6 Å². The Morgan fingerprint density at radius 2 is 2.25 bits per heavy atom. The third-order valence-electron chi connectivity index (χ3n) is 2.25. The van der Waals surface area contributed by atoms with Gasteiger partial charge in [0, 0.05) is 13.2 Å². The lowest BCUT2D eigenvalue weighted by Crippen LogP contribution is -2.32. The maximum Gasteiger partial charge on any atom is 0.0924 e. The molecule has 68 valence electrons. The monoisotopic (exact) mass is 168 g/mol. The number of rotatable bonds is 3. The van der Waals surface area contributed by atoms with Crippen molar-refractivity contribution >= 4 is 0 Å². The fourth-order valence-corrected chi connectivity index (χ4v) is 1.34. The van der Waals surface area contributed by atoms with Gasteiger partial charge in [0.1, 0.15) is 0 Å². The van der Waals surface area contributed by atoms with E-state index in [9.17, 15) is 0 Å². The summed E-state index contributed by atoms with van der Waals surface area (Å²) in [5.74, 6) is 0.703. The zero-order valence-electron chi connectivity index (χ0n) is 7.55.